The summed E-state index contributed by atoms with van der Waals surface area (Å²) in [7, 11) is 0. The molecule has 1 atom stereocenters. The number of fused-ring (bicyclic) bond motifs is 1. The number of rotatable bonds is 3. The fourth-order valence-electron chi connectivity index (χ4n) is 3.10. The number of nitrogens with zero attached hydrogens (tertiary/aromatic N) is 6. The van der Waals surface area contributed by atoms with Gasteiger partial charge in [-0.05, 0) is 45.0 Å². The van der Waals surface area contributed by atoms with E-state index in [1.165, 1.54) is 13.1 Å². The van der Waals surface area contributed by atoms with E-state index >= 15 is 0 Å². The lowest BCUT2D eigenvalue weighted by Gasteiger charge is -2.14. The van der Waals surface area contributed by atoms with Crippen molar-refractivity contribution in [3.05, 3.63) is 66.0 Å². The average Bonchev–Trinajstić information content (AvgIpc) is 3.12. The van der Waals surface area contributed by atoms with Crippen LogP contribution in [-0.2, 0) is 11.2 Å². The highest BCUT2D eigenvalue weighted by Gasteiger charge is 2.26. The van der Waals surface area contributed by atoms with Crippen LogP contribution in [0.1, 0.15) is 37.9 Å². The Morgan fingerprint density at radius 2 is 1.74 bits per heavy atom. The predicted octanol–water partition coefficient (Wildman–Crippen LogP) is 1.67. The molecule has 156 valence electrons. The van der Waals surface area contributed by atoms with E-state index in [4.69, 9.17) is 5.73 Å². The zero-order chi connectivity index (χ0) is 22.2. The minimum absolute atomic E-state index is 0.112. The van der Waals surface area contributed by atoms with Gasteiger partial charge in [-0.3, -0.25) is 0 Å². The normalized spacial score (nSPS) is 13.5. The monoisotopic (exact) mass is 415 g/mol. The standard InChI is InChI=1S/C22H21N7O2/c1-21(2,30)18-15-6-5-14(7-9-22(3,31)19-24-10-4-11-25-19)13-16(15)29(28-18)17-8-12-26-20(23)27-17/h4-6,8,10-13,30-31H,1-3H3,(H2,23,26,27). The topological polar surface area (TPSA) is 136 Å². The molecule has 9 heteroatoms. The Morgan fingerprint density at radius 3 is 2.42 bits per heavy atom. The Bertz CT molecular complexity index is 1310. The summed E-state index contributed by atoms with van der Waals surface area (Å²) in [6.45, 7) is 4.87. The van der Waals surface area contributed by atoms with E-state index in [1.807, 2.05) is 12.1 Å². The SMILES string of the molecule is CC(C)(O)c1nn(-c2ccnc(N)n2)c2cc(C#CC(C)(O)c3ncccn3)ccc12. The minimum atomic E-state index is -1.52. The van der Waals surface area contributed by atoms with Crippen LogP contribution in [0.5, 0.6) is 0 Å². The van der Waals surface area contributed by atoms with Crippen LogP contribution in [0.15, 0.2) is 48.9 Å². The summed E-state index contributed by atoms with van der Waals surface area (Å²) in [5.74, 6) is 6.58. The third-order valence-electron chi connectivity index (χ3n) is 4.59. The molecule has 3 aromatic heterocycles. The Balaban J connectivity index is 1.85. The number of aliphatic hydroxyl groups is 2. The number of hydrogen-bond acceptors (Lipinski definition) is 8. The van der Waals surface area contributed by atoms with Crippen molar-refractivity contribution in [1.82, 2.24) is 29.7 Å². The van der Waals surface area contributed by atoms with E-state index in [0.29, 0.717) is 22.6 Å². The summed E-state index contributed by atoms with van der Waals surface area (Å²) in [5, 5.41) is 26.6. The number of benzene rings is 1. The maximum atomic E-state index is 10.7. The van der Waals surface area contributed by atoms with Crippen molar-refractivity contribution in [2.24, 2.45) is 0 Å². The minimum Gasteiger partial charge on any atom is -0.384 e. The van der Waals surface area contributed by atoms with Gasteiger partial charge >= 0.3 is 0 Å². The summed E-state index contributed by atoms with van der Waals surface area (Å²) in [5.41, 5.74) is 4.85. The Labute approximate surface area is 178 Å². The molecular formula is C22H21N7O2. The maximum Gasteiger partial charge on any atom is 0.221 e. The van der Waals surface area contributed by atoms with Crippen LogP contribution < -0.4 is 5.73 Å². The highest BCUT2D eigenvalue weighted by Crippen LogP contribution is 2.30. The van der Waals surface area contributed by atoms with Gasteiger partial charge in [0.1, 0.15) is 11.3 Å². The Morgan fingerprint density at radius 1 is 1.00 bits per heavy atom. The first-order chi connectivity index (χ1) is 14.6. The number of anilines is 1. The van der Waals surface area contributed by atoms with Crippen LogP contribution in [0.2, 0.25) is 0 Å². The molecule has 0 aliphatic carbocycles. The largest absolute Gasteiger partial charge is 0.384 e. The van der Waals surface area contributed by atoms with Crippen LogP contribution >= 0.6 is 0 Å². The number of nitrogens with two attached hydrogens (primary N) is 1. The zero-order valence-electron chi connectivity index (χ0n) is 17.3. The molecule has 4 rings (SSSR count). The fraction of sp³-hybridized carbons (Fsp3) is 0.227. The second-order valence-electron chi connectivity index (χ2n) is 7.72. The average molecular weight is 415 g/mol. The fourth-order valence-corrected chi connectivity index (χ4v) is 3.10. The van der Waals surface area contributed by atoms with Gasteiger partial charge in [0.15, 0.2) is 17.2 Å². The van der Waals surface area contributed by atoms with E-state index in [-0.39, 0.29) is 11.8 Å². The first kappa shape index (κ1) is 20.4. The van der Waals surface area contributed by atoms with E-state index in [2.05, 4.69) is 36.9 Å². The van der Waals surface area contributed by atoms with Crippen molar-refractivity contribution in [2.45, 2.75) is 32.0 Å². The van der Waals surface area contributed by atoms with Gasteiger partial charge in [-0.25, -0.2) is 19.6 Å². The van der Waals surface area contributed by atoms with Crippen molar-refractivity contribution in [1.29, 1.82) is 0 Å². The van der Waals surface area contributed by atoms with Gasteiger partial charge in [-0.15, -0.1) is 0 Å². The van der Waals surface area contributed by atoms with Gasteiger partial charge < -0.3 is 15.9 Å². The molecular weight excluding hydrogens is 394 g/mol. The molecule has 0 aliphatic rings. The molecule has 0 saturated carbocycles. The lowest BCUT2D eigenvalue weighted by Crippen LogP contribution is -2.21. The molecule has 0 bridgehead atoms. The molecule has 0 fully saturated rings. The first-order valence-corrected chi connectivity index (χ1v) is 9.53. The molecule has 4 aromatic rings. The van der Waals surface area contributed by atoms with E-state index in [1.54, 1.807) is 49.1 Å². The van der Waals surface area contributed by atoms with Crippen molar-refractivity contribution < 1.29 is 10.2 Å². The van der Waals surface area contributed by atoms with Gasteiger partial charge in [0.25, 0.3) is 0 Å². The van der Waals surface area contributed by atoms with Gasteiger partial charge in [-0.2, -0.15) is 10.1 Å². The van der Waals surface area contributed by atoms with Crippen LogP contribution in [-0.4, -0.2) is 39.9 Å². The third-order valence-corrected chi connectivity index (χ3v) is 4.59. The highest BCUT2D eigenvalue weighted by molar-refractivity contribution is 5.85. The van der Waals surface area contributed by atoms with E-state index in [9.17, 15) is 10.2 Å². The van der Waals surface area contributed by atoms with E-state index < -0.39 is 11.2 Å². The van der Waals surface area contributed by atoms with Crippen molar-refractivity contribution in [2.75, 3.05) is 5.73 Å². The Kier molecular flexibility index (Phi) is 4.89. The van der Waals surface area contributed by atoms with Crippen LogP contribution in [0.3, 0.4) is 0 Å². The Hall–Kier alpha value is -3.87. The molecule has 0 saturated heterocycles. The molecule has 31 heavy (non-hydrogen) atoms. The van der Waals surface area contributed by atoms with Crippen LogP contribution in [0, 0.1) is 11.8 Å². The number of nitrogen functional groups attached to an aromatic ring is 1. The molecule has 1 unspecified atom stereocenters. The molecule has 0 spiro atoms. The molecule has 4 N–H and O–H groups in total. The summed E-state index contributed by atoms with van der Waals surface area (Å²) < 4.78 is 1.59. The molecule has 1 aromatic carbocycles. The third kappa shape index (κ3) is 4.07. The summed E-state index contributed by atoms with van der Waals surface area (Å²) in [6.07, 6.45) is 4.64. The predicted molar refractivity (Wildman–Crippen MR) is 115 cm³/mol. The summed E-state index contributed by atoms with van der Waals surface area (Å²) in [4.78, 5) is 16.3. The molecule has 9 nitrogen and oxygen atoms in total. The summed E-state index contributed by atoms with van der Waals surface area (Å²) in [6, 6.07) is 8.78. The van der Waals surface area contributed by atoms with Crippen molar-refractivity contribution in [3.8, 4) is 17.7 Å². The highest BCUT2D eigenvalue weighted by atomic mass is 16.3. The lowest BCUT2D eigenvalue weighted by molar-refractivity contribution is 0.0749. The smallest absolute Gasteiger partial charge is 0.221 e. The van der Waals surface area contributed by atoms with Gasteiger partial charge in [0.2, 0.25) is 5.95 Å². The lowest BCUT2D eigenvalue weighted by atomic mass is 10.0. The van der Waals surface area contributed by atoms with Gasteiger partial charge in [0.05, 0.1) is 5.52 Å². The number of aromatic nitrogens is 6. The van der Waals surface area contributed by atoms with Crippen molar-refractivity contribution in [3.63, 3.8) is 0 Å². The second-order valence-corrected chi connectivity index (χ2v) is 7.72. The van der Waals surface area contributed by atoms with Crippen LogP contribution in [0.25, 0.3) is 16.7 Å². The quantitative estimate of drug-likeness (QED) is 0.430. The van der Waals surface area contributed by atoms with Gasteiger partial charge in [0, 0.05) is 35.6 Å². The van der Waals surface area contributed by atoms with E-state index in [0.717, 1.165) is 5.39 Å². The summed E-state index contributed by atoms with van der Waals surface area (Å²) >= 11 is 0. The zero-order valence-corrected chi connectivity index (χ0v) is 17.3. The second kappa shape index (κ2) is 7.43. The van der Waals surface area contributed by atoms with Gasteiger partial charge in [-0.1, -0.05) is 11.8 Å². The number of hydrogen-bond donors (Lipinski definition) is 3. The van der Waals surface area contributed by atoms with Crippen LogP contribution in [0.4, 0.5) is 5.95 Å². The first-order valence-electron chi connectivity index (χ1n) is 9.53. The molecule has 3 heterocycles. The molecule has 0 amide bonds. The molecule has 0 radical (unpaired) electrons. The van der Waals surface area contributed by atoms with Crippen molar-refractivity contribution >= 4 is 16.9 Å². The molecule has 0 aliphatic heterocycles. The maximum absolute atomic E-state index is 10.7.